The standard InChI is InChI=1S/C19H19N5O10S2/c1-7(25)34-17(8-5-35-12-4-11(27)24(12)15(8)18(31)32)22-16(30)14(23-33-2)9-6-36-19(20-9)21-10(26)3-13(28)29/h6,12,17H,3-5H2,1-2H3,(H,22,30)(H,28,29)(H,31,32)(H,20,21,26)/t12-,17?/m1/s1. The summed E-state index contributed by atoms with van der Waals surface area (Å²) in [5, 5.41) is 27.6. The number of oxime groups is 1. The minimum Gasteiger partial charge on any atom is -0.481 e. The maximum absolute atomic E-state index is 13.1. The van der Waals surface area contributed by atoms with E-state index >= 15 is 0 Å². The van der Waals surface area contributed by atoms with E-state index in [1.807, 2.05) is 0 Å². The summed E-state index contributed by atoms with van der Waals surface area (Å²) in [4.78, 5) is 80.9. The molecule has 192 valence electrons. The van der Waals surface area contributed by atoms with Crippen LogP contribution in [0.5, 0.6) is 0 Å². The number of carbonyl (C=O) groups is 6. The fourth-order valence-electron chi connectivity index (χ4n) is 3.22. The average molecular weight is 542 g/mol. The molecular weight excluding hydrogens is 522 g/mol. The van der Waals surface area contributed by atoms with Gasteiger partial charge in [0.1, 0.15) is 24.9 Å². The molecule has 1 saturated heterocycles. The molecule has 0 aromatic carbocycles. The number of amides is 3. The second-order valence-electron chi connectivity index (χ2n) is 7.15. The van der Waals surface area contributed by atoms with Gasteiger partial charge in [0.25, 0.3) is 5.91 Å². The highest BCUT2D eigenvalue weighted by atomic mass is 32.2. The van der Waals surface area contributed by atoms with Gasteiger partial charge in [0.2, 0.25) is 18.0 Å². The number of nitrogens with one attached hydrogen (secondary N) is 2. The van der Waals surface area contributed by atoms with Crippen molar-refractivity contribution in [3.05, 3.63) is 22.3 Å². The van der Waals surface area contributed by atoms with Gasteiger partial charge in [-0.3, -0.25) is 28.9 Å². The number of nitrogens with zero attached hydrogens (tertiary/aromatic N) is 3. The number of carbonyl (C=O) groups excluding carboxylic acids is 4. The van der Waals surface area contributed by atoms with E-state index in [0.717, 1.165) is 30.3 Å². The number of aromatic nitrogens is 1. The Morgan fingerprint density at radius 2 is 2.03 bits per heavy atom. The highest BCUT2D eigenvalue weighted by molar-refractivity contribution is 8.00. The number of carboxylic acids is 2. The van der Waals surface area contributed by atoms with Crippen LogP contribution < -0.4 is 10.6 Å². The van der Waals surface area contributed by atoms with Crippen LogP contribution in [-0.4, -0.2) is 85.9 Å². The molecular formula is C19H19N5O10S2. The van der Waals surface area contributed by atoms with Crippen LogP contribution in [-0.2, 0) is 38.3 Å². The predicted octanol–water partition coefficient (Wildman–Crippen LogP) is -0.444. The number of rotatable bonds is 10. The number of hydrogen-bond donors (Lipinski definition) is 4. The summed E-state index contributed by atoms with van der Waals surface area (Å²) in [7, 11) is 1.15. The van der Waals surface area contributed by atoms with Gasteiger partial charge >= 0.3 is 17.9 Å². The molecule has 0 saturated carbocycles. The second kappa shape index (κ2) is 11.2. The molecule has 3 rings (SSSR count). The van der Waals surface area contributed by atoms with Gasteiger partial charge in [0.15, 0.2) is 10.8 Å². The summed E-state index contributed by atoms with van der Waals surface area (Å²) in [5.74, 6) is -5.78. The highest BCUT2D eigenvalue weighted by Gasteiger charge is 2.47. The van der Waals surface area contributed by atoms with E-state index in [4.69, 9.17) is 14.7 Å². The van der Waals surface area contributed by atoms with Gasteiger partial charge in [-0.25, -0.2) is 9.78 Å². The van der Waals surface area contributed by atoms with E-state index in [1.54, 1.807) is 0 Å². The molecule has 2 aliphatic rings. The van der Waals surface area contributed by atoms with Crippen molar-refractivity contribution >= 4 is 69.6 Å². The number of thioether (sulfide) groups is 1. The molecule has 1 aromatic rings. The largest absolute Gasteiger partial charge is 0.481 e. The van der Waals surface area contributed by atoms with Gasteiger partial charge in [0.05, 0.1) is 11.8 Å². The number of anilines is 1. The van der Waals surface area contributed by atoms with Crippen molar-refractivity contribution in [3.63, 3.8) is 0 Å². The van der Waals surface area contributed by atoms with Crippen molar-refractivity contribution in [2.45, 2.75) is 31.4 Å². The Labute approximate surface area is 210 Å². The van der Waals surface area contributed by atoms with Gasteiger partial charge in [0, 0.05) is 23.6 Å². The van der Waals surface area contributed by atoms with Crippen molar-refractivity contribution in [2.24, 2.45) is 5.16 Å². The Morgan fingerprint density at radius 1 is 1.31 bits per heavy atom. The fraction of sp³-hybridized carbons (Fsp3) is 0.368. The van der Waals surface area contributed by atoms with Crippen LogP contribution in [0.3, 0.4) is 0 Å². The van der Waals surface area contributed by atoms with Crippen LogP contribution >= 0.6 is 23.1 Å². The zero-order valence-electron chi connectivity index (χ0n) is 18.7. The zero-order valence-corrected chi connectivity index (χ0v) is 20.3. The Kier molecular flexibility index (Phi) is 8.25. The monoisotopic (exact) mass is 541 g/mol. The molecule has 17 heteroatoms. The summed E-state index contributed by atoms with van der Waals surface area (Å²) >= 11 is 2.12. The Balaban J connectivity index is 1.88. The molecule has 36 heavy (non-hydrogen) atoms. The van der Waals surface area contributed by atoms with Crippen molar-refractivity contribution in [1.29, 1.82) is 0 Å². The lowest BCUT2D eigenvalue weighted by Crippen LogP contribution is -2.56. The van der Waals surface area contributed by atoms with Crippen LogP contribution in [0.15, 0.2) is 21.8 Å². The fourth-order valence-corrected chi connectivity index (χ4v) is 5.22. The molecule has 3 heterocycles. The molecule has 3 amide bonds. The summed E-state index contributed by atoms with van der Waals surface area (Å²) in [6, 6.07) is 0. The molecule has 2 atom stereocenters. The van der Waals surface area contributed by atoms with Crippen LogP contribution in [0.1, 0.15) is 25.5 Å². The molecule has 0 spiro atoms. The second-order valence-corrected chi connectivity index (χ2v) is 9.18. The van der Waals surface area contributed by atoms with Gasteiger partial charge in [-0.15, -0.1) is 23.1 Å². The van der Waals surface area contributed by atoms with Crippen molar-refractivity contribution < 1.29 is 48.6 Å². The maximum atomic E-state index is 13.1. The minimum absolute atomic E-state index is 0.0167. The van der Waals surface area contributed by atoms with Crippen molar-refractivity contribution in [1.82, 2.24) is 15.2 Å². The lowest BCUT2D eigenvalue weighted by Gasteiger charge is -2.44. The number of hydrogen-bond acceptors (Lipinski definition) is 12. The topological polar surface area (TPSA) is 214 Å². The first-order valence-electron chi connectivity index (χ1n) is 9.98. The maximum Gasteiger partial charge on any atom is 0.352 e. The third-order valence-corrected chi connectivity index (χ3v) is 6.65. The smallest absolute Gasteiger partial charge is 0.352 e. The van der Waals surface area contributed by atoms with E-state index in [1.165, 1.54) is 17.1 Å². The first-order valence-corrected chi connectivity index (χ1v) is 11.9. The lowest BCUT2D eigenvalue weighted by molar-refractivity contribution is -0.149. The summed E-state index contributed by atoms with van der Waals surface area (Å²) in [6.45, 7) is 1.06. The summed E-state index contributed by atoms with van der Waals surface area (Å²) < 4.78 is 5.17. The molecule has 2 aliphatic heterocycles. The summed E-state index contributed by atoms with van der Waals surface area (Å²) in [5.41, 5.74) is -0.889. The first kappa shape index (κ1) is 26.6. The Morgan fingerprint density at radius 3 is 2.61 bits per heavy atom. The number of thiazole rings is 1. The van der Waals surface area contributed by atoms with Gasteiger partial charge in [-0.1, -0.05) is 5.16 Å². The van der Waals surface area contributed by atoms with E-state index in [0.29, 0.717) is 0 Å². The minimum atomic E-state index is -1.56. The molecule has 15 nitrogen and oxygen atoms in total. The quantitative estimate of drug-likeness (QED) is 0.0740. The first-order chi connectivity index (χ1) is 17.0. The normalized spacial score (nSPS) is 17.9. The van der Waals surface area contributed by atoms with E-state index < -0.39 is 54.0 Å². The molecule has 1 aromatic heterocycles. The molecule has 0 aliphatic carbocycles. The van der Waals surface area contributed by atoms with Gasteiger partial charge in [-0.05, 0) is 0 Å². The van der Waals surface area contributed by atoms with Crippen molar-refractivity contribution in [3.8, 4) is 0 Å². The van der Waals surface area contributed by atoms with Gasteiger partial charge < -0.3 is 30.4 Å². The average Bonchev–Trinajstić information content (AvgIpc) is 3.22. The van der Waals surface area contributed by atoms with E-state index in [9.17, 15) is 33.9 Å². The van der Waals surface area contributed by atoms with Gasteiger partial charge in [-0.2, -0.15) is 0 Å². The third kappa shape index (κ3) is 5.98. The number of aliphatic carboxylic acids is 2. The van der Waals surface area contributed by atoms with E-state index in [-0.39, 0.29) is 39.6 Å². The highest BCUT2D eigenvalue weighted by Crippen LogP contribution is 2.41. The molecule has 1 fully saturated rings. The predicted molar refractivity (Wildman–Crippen MR) is 123 cm³/mol. The number of ether oxygens (including phenoxy) is 1. The number of fused-ring (bicyclic) bond motifs is 1. The third-order valence-electron chi connectivity index (χ3n) is 4.65. The van der Waals surface area contributed by atoms with Crippen molar-refractivity contribution in [2.75, 3.05) is 18.2 Å². The SMILES string of the molecule is CON=C(C(=O)NC(OC(C)=O)C1=C(C(=O)O)N2C(=O)C[C@H]2SC1)c1csc(NC(=O)CC(=O)O)n1. The van der Waals surface area contributed by atoms with Crippen LogP contribution in [0.25, 0.3) is 0 Å². The van der Waals surface area contributed by atoms with Crippen LogP contribution in [0.2, 0.25) is 0 Å². The molecule has 4 N–H and O–H groups in total. The molecule has 0 bridgehead atoms. The molecule has 1 unspecified atom stereocenters. The number of esters is 1. The number of β-lactam (4-membered cyclic amide) rings is 1. The number of carboxylic acid groups (broad SMARTS) is 2. The lowest BCUT2D eigenvalue weighted by atomic mass is 10.1. The van der Waals surface area contributed by atoms with Crippen LogP contribution in [0.4, 0.5) is 5.13 Å². The van der Waals surface area contributed by atoms with E-state index in [2.05, 4.69) is 20.8 Å². The Bertz CT molecular complexity index is 1190. The molecule has 0 radical (unpaired) electrons. The van der Waals surface area contributed by atoms with Crippen LogP contribution in [0, 0.1) is 0 Å². The zero-order chi connectivity index (χ0) is 26.6. The Hall–Kier alpha value is -3.99. The summed E-state index contributed by atoms with van der Waals surface area (Å²) in [6.07, 6.45) is -2.19.